The van der Waals surface area contributed by atoms with Gasteiger partial charge < -0.3 is 39.0 Å². The molecule has 2 atom stereocenters. The van der Waals surface area contributed by atoms with Gasteiger partial charge in [0.05, 0.1) is 25.4 Å². The van der Waals surface area contributed by atoms with Gasteiger partial charge >= 0.3 is 11.9 Å². The monoisotopic (exact) mass is 650 g/mol. The van der Waals surface area contributed by atoms with Crippen LogP contribution in [0.4, 0.5) is 0 Å². The highest BCUT2D eigenvalue weighted by molar-refractivity contribution is 9.10. The van der Waals surface area contributed by atoms with E-state index in [9.17, 15) is 9.59 Å². The molecule has 0 aromatic carbocycles. The topological polar surface area (TPSA) is 167 Å². The first-order valence-electron chi connectivity index (χ1n) is 11.2. The van der Waals surface area contributed by atoms with Crippen LogP contribution in [-0.4, -0.2) is 87.4 Å². The van der Waals surface area contributed by atoms with Crippen LogP contribution in [0.1, 0.15) is 78.1 Å². The van der Waals surface area contributed by atoms with Gasteiger partial charge in [-0.15, -0.1) is 0 Å². The summed E-state index contributed by atoms with van der Waals surface area (Å²) in [7, 11) is 0. The second-order valence-corrected chi connectivity index (χ2v) is 9.45. The standard InChI is InChI=1S/C12H15NO5.C6H4BrNO2.C6H12O3.4CH4/c1-12(2)17-7-8(18-12)6-16-10-9(11(14)15)4-3-5-13-10;7-5-4(6(9)10)2-1-3-8-5;1-6(2)8-4-5(3-7)9-6;;;;/h3-5,8H,6-7H2,1-2H3,(H,14,15);1-3H,(H,9,10);5,7H,3-4H2,1-2H3;4*1H4. The molecule has 2 aromatic heterocycles. The number of carboxylic acid groups (broad SMARTS) is 2. The number of hydrogen-bond acceptors (Lipinski definition) is 10. The SMILES string of the molecule is C.C.C.C.CC1(C)OCC(CO)O1.CC1(C)OCC(COc2ncccc2C(=O)O)O1.O=C(O)c1cccnc1Br. The van der Waals surface area contributed by atoms with Crippen molar-refractivity contribution in [2.45, 2.75) is 81.2 Å². The quantitative estimate of drug-likeness (QED) is 0.335. The van der Waals surface area contributed by atoms with Crippen LogP contribution >= 0.6 is 15.9 Å². The predicted molar refractivity (Wildman–Crippen MR) is 159 cm³/mol. The fourth-order valence-electron chi connectivity index (χ4n) is 3.08. The van der Waals surface area contributed by atoms with Crippen LogP contribution in [0.5, 0.6) is 5.88 Å². The number of halogens is 1. The van der Waals surface area contributed by atoms with E-state index in [1.165, 1.54) is 24.5 Å². The lowest BCUT2D eigenvalue weighted by Crippen LogP contribution is -2.25. The molecule has 12 nitrogen and oxygen atoms in total. The van der Waals surface area contributed by atoms with Crippen LogP contribution in [-0.2, 0) is 18.9 Å². The molecular formula is C28H47BrN2O10. The Morgan fingerprint density at radius 3 is 1.71 bits per heavy atom. The van der Waals surface area contributed by atoms with Crippen LogP contribution in [0.25, 0.3) is 0 Å². The maximum Gasteiger partial charge on any atom is 0.341 e. The summed E-state index contributed by atoms with van der Waals surface area (Å²) in [6, 6.07) is 6.06. The summed E-state index contributed by atoms with van der Waals surface area (Å²) >= 11 is 3.00. The zero-order chi connectivity index (χ0) is 27.6. The van der Waals surface area contributed by atoms with Crippen molar-refractivity contribution in [2.24, 2.45) is 0 Å². The molecular weight excluding hydrogens is 604 g/mol. The molecule has 2 fully saturated rings. The summed E-state index contributed by atoms with van der Waals surface area (Å²) < 4.78 is 27.1. The molecule has 2 saturated heterocycles. The van der Waals surface area contributed by atoms with Gasteiger partial charge in [0.2, 0.25) is 5.88 Å². The number of aromatic nitrogens is 2. The number of carboxylic acids is 2. The lowest BCUT2D eigenvalue weighted by molar-refractivity contribution is -0.142. The summed E-state index contributed by atoms with van der Waals surface area (Å²) in [4.78, 5) is 28.9. The summed E-state index contributed by atoms with van der Waals surface area (Å²) in [6.45, 7) is 8.48. The summed E-state index contributed by atoms with van der Waals surface area (Å²) in [6.07, 6.45) is 2.66. The van der Waals surface area contributed by atoms with Gasteiger partial charge in [0.1, 0.15) is 29.0 Å². The highest BCUT2D eigenvalue weighted by Gasteiger charge is 2.33. The van der Waals surface area contributed by atoms with Gasteiger partial charge in [-0.1, -0.05) is 29.7 Å². The van der Waals surface area contributed by atoms with Crippen LogP contribution in [0.3, 0.4) is 0 Å². The Morgan fingerprint density at radius 2 is 1.34 bits per heavy atom. The molecule has 2 aliphatic rings. The number of aromatic carboxylic acids is 2. The van der Waals surface area contributed by atoms with E-state index in [4.69, 9.17) is 39.0 Å². The number of nitrogens with zero attached hydrogens (tertiary/aromatic N) is 2. The summed E-state index contributed by atoms with van der Waals surface area (Å²) in [5.41, 5.74) is 0.221. The van der Waals surface area contributed by atoms with E-state index in [1.807, 2.05) is 27.7 Å². The molecule has 3 N–H and O–H groups in total. The molecule has 0 saturated carbocycles. The van der Waals surface area contributed by atoms with Crippen molar-refractivity contribution in [1.29, 1.82) is 0 Å². The minimum absolute atomic E-state index is 0. The normalized spacial score (nSPS) is 19.1. The first-order valence-corrected chi connectivity index (χ1v) is 12.0. The van der Waals surface area contributed by atoms with E-state index in [2.05, 4.69) is 25.9 Å². The highest BCUT2D eigenvalue weighted by atomic mass is 79.9. The molecule has 236 valence electrons. The fraction of sp³-hybridized carbons (Fsp3) is 0.571. The van der Waals surface area contributed by atoms with E-state index in [0.29, 0.717) is 17.8 Å². The first-order chi connectivity index (χ1) is 17.3. The molecule has 13 heteroatoms. The molecule has 4 rings (SSSR count). The van der Waals surface area contributed by atoms with Gasteiger partial charge in [-0.3, -0.25) is 0 Å². The smallest absolute Gasteiger partial charge is 0.341 e. The molecule has 0 amide bonds. The second-order valence-electron chi connectivity index (χ2n) is 8.70. The van der Waals surface area contributed by atoms with E-state index in [-0.39, 0.29) is 72.1 Å². The van der Waals surface area contributed by atoms with Crippen molar-refractivity contribution >= 4 is 27.9 Å². The number of hydrogen-bond donors (Lipinski definition) is 3. The van der Waals surface area contributed by atoms with Gasteiger partial charge in [0.25, 0.3) is 0 Å². The lowest BCUT2D eigenvalue weighted by Gasteiger charge is -2.17. The zero-order valence-electron chi connectivity index (χ0n) is 20.9. The molecule has 0 spiro atoms. The van der Waals surface area contributed by atoms with Gasteiger partial charge in [0.15, 0.2) is 11.6 Å². The summed E-state index contributed by atoms with van der Waals surface area (Å²) in [5.74, 6) is -3.05. The molecule has 0 radical (unpaired) electrons. The number of aliphatic hydroxyl groups excluding tert-OH is 1. The van der Waals surface area contributed by atoms with Crippen LogP contribution in [0, 0.1) is 0 Å². The fourth-order valence-corrected chi connectivity index (χ4v) is 3.50. The number of carbonyl (C=O) groups is 2. The third-order valence-corrected chi connectivity index (χ3v) is 5.37. The maximum atomic E-state index is 10.9. The molecule has 0 bridgehead atoms. The van der Waals surface area contributed by atoms with Gasteiger partial charge in [0, 0.05) is 12.4 Å². The minimum Gasteiger partial charge on any atom is -0.478 e. The number of pyridine rings is 2. The lowest BCUT2D eigenvalue weighted by atomic mass is 10.3. The third-order valence-electron chi connectivity index (χ3n) is 4.74. The zero-order valence-corrected chi connectivity index (χ0v) is 22.5. The van der Waals surface area contributed by atoms with Crippen molar-refractivity contribution in [1.82, 2.24) is 9.97 Å². The Morgan fingerprint density at radius 1 is 0.878 bits per heavy atom. The Kier molecular flexibility index (Phi) is 20.3. The van der Waals surface area contributed by atoms with Crippen molar-refractivity contribution in [3.63, 3.8) is 0 Å². The second kappa shape index (κ2) is 19.4. The van der Waals surface area contributed by atoms with Gasteiger partial charge in [-0.2, -0.15) is 0 Å². The average molecular weight is 652 g/mol. The van der Waals surface area contributed by atoms with Crippen molar-refractivity contribution in [3.05, 3.63) is 52.4 Å². The summed E-state index contributed by atoms with van der Waals surface area (Å²) in [5, 5.41) is 26.1. The predicted octanol–water partition coefficient (Wildman–Crippen LogP) is 5.53. The van der Waals surface area contributed by atoms with Gasteiger partial charge in [-0.25, -0.2) is 19.6 Å². The van der Waals surface area contributed by atoms with Crippen LogP contribution in [0.2, 0.25) is 0 Å². The van der Waals surface area contributed by atoms with Gasteiger partial charge in [-0.05, 0) is 67.9 Å². The van der Waals surface area contributed by atoms with E-state index < -0.39 is 23.5 Å². The van der Waals surface area contributed by atoms with E-state index in [1.54, 1.807) is 12.1 Å². The molecule has 0 aliphatic carbocycles. The molecule has 2 aromatic rings. The maximum absolute atomic E-state index is 10.9. The first kappa shape index (κ1) is 42.8. The Bertz CT molecular complexity index is 1050. The average Bonchev–Trinajstić information content (AvgIpc) is 3.38. The van der Waals surface area contributed by atoms with E-state index >= 15 is 0 Å². The van der Waals surface area contributed by atoms with E-state index in [0.717, 1.165) is 0 Å². The van der Waals surface area contributed by atoms with Crippen LogP contribution in [0.15, 0.2) is 41.3 Å². The Labute approximate surface area is 252 Å². The third kappa shape index (κ3) is 14.7. The number of aliphatic hydroxyl groups is 1. The number of ether oxygens (including phenoxy) is 5. The highest BCUT2D eigenvalue weighted by Crippen LogP contribution is 2.23. The Balaban J connectivity index is -0.000000543. The molecule has 41 heavy (non-hydrogen) atoms. The van der Waals surface area contributed by atoms with Crippen molar-refractivity contribution < 1.29 is 48.6 Å². The number of rotatable bonds is 6. The molecule has 4 heterocycles. The minimum atomic E-state index is -1.07. The largest absolute Gasteiger partial charge is 0.478 e. The Hall–Kier alpha value is -2.68. The van der Waals surface area contributed by atoms with Crippen molar-refractivity contribution in [2.75, 3.05) is 26.4 Å². The van der Waals surface area contributed by atoms with Crippen molar-refractivity contribution in [3.8, 4) is 5.88 Å². The molecule has 2 unspecified atom stereocenters. The molecule has 2 aliphatic heterocycles. The van der Waals surface area contributed by atoms with Crippen LogP contribution < -0.4 is 4.74 Å².